The van der Waals surface area contributed by atoms with Crippen molar-refractivity contribution in [2.24, 2.45) is 7.05 Å². The lowest BCUT2D eigenvalue weighted by Gasteiger charge is -2.18. The minimum Gasteiger partial charge on any atom is -0.489 e. The minimum atomic E-state index is -1.00. The fourth-order valence-electron chi connectivity index (χ4n) is 3.28. The molecule has 0 saturated carbocycles. The second kappa shape index (κ2) is 6.25. The topological polar surface area (TPSA) is 76.4 Å². The summed E-state index contributed by atoms with van der Waals surface area (Å²) in [5, 5.41) is 14.7. The Morgan fingerprint density at radius 1 is 1.37 bits per heavy atom. The summed E-state index contributed by atoms with van der Waals surface area (Å²) in [6.07, 6.45) is 1.62. The largest absolute Gasteiger partial charge is 0.489 e. The smallest absolute Gasteiger partial charge is 0.268 e. The van der Waals surface area contributed by atoms with Gasteiger partial charge in [-0.25, -0.2) is 0 Å². The van der Waals surface area contributed by atoms with Crippen LogP contribution in [0.4, 0.5) is 0 Å². The molecule has 6 nitrogen and oxygen atoms in total. The van der Waals surface area contributed by atoms with Crippen molar-refractivity contribution in [3.63, 3.8) is 0 Å². The van der Waals surface area contributed by atoms with Crippen molar-refractivity contribution in [3.8, 4) is 5.75 Å². The van der Waals surface area contributed by atoms with Gasteiger partial charge in [-0.1, -0.05) is 17.7 Å². The van der Waals surface area contributed by atoms with Crippen LogP contribution in [0.5, 0.6) is 5.75 Å². The van der Waals surface area contributed by atoms with E-state index >= 15 is 0 Å². The molecule has 3 aromatic rings. The number of hydrogen-bond acceptors (Lipinski definition) is 4. The van der Waals surface area contributed by atoms with Crippen molar-refractivity contribution in [1.82, 2.24) is 14.9 Å². The highest BCUT2D eigenvalue weighted by atomic mass is 35.5. The number of nitrogens with zero attached hydrogens (tertiary/aromatic N) is 2. The number of halogens is 1. The zero-order valence-corrected chi connectivity index (χ0v) is 16.0. The normalized spacial score (nSPS) is 16.3. The molecule has 0 bridgehead atoms. The van der Waals surface area contributed by atoms with Gasteiger partial charge in [-0.2, -0.15) is 0 Å². The van der Waals surface area contributed by atoms with Crippen LogP contribution in [0.1, 0.15) is 41.6 Å². The van der Waals surface area contributed by atoms with E-state index in [1.807, 2.05) is 29.8 Å². The van der Waals surface area contributed by atoms with Crippen LogP contribution < -0.4 is 10.1 Å². The molecule has 0 fully saturated rings. The van der Waals surface area contributed by atoms with Crippen LogP contribution in [0.25, 0.3) is 10.9 Å². The monoisotopic (exact) mass is 385 g/mol. The first kappa shape index (κ1) is 17.8. The average molecular weight is 386 g/mol. The third kappa shape index (κ3) is 3.15. The Kier molecular flexibility index (Phi) is 4.13. The number of amides is 1. The van der Waals surface area contributed by atoms with Crippen LogP contribution in [-0.4, -0.2) is 27.2 Å². The molecule has 7 heteroatoms. The maximum atomic E-state index is 12.8. The van der Waals surface area contributed by atoms with Gasteiger partial charge in [0.05, 0.1) is 5.60 Å². The van der Waals surface area contributed by atoms with Crippen LogP contribution >= 0.6 is 11.6 Å². The highest BCUT2D eigenvalue weighted by molar-refractivity contribution is 6.31. The van der Waals surface area contributed by atoms with Crippen molar-refractivity contribution in [1.29, 1.82) is 0 Å². The van der Waals surface area contributed by atoms with Gasteiger partial charge < -0.3 is 19.7 Å². The SMILES string of the molecule is Cn1c(C(=O)NC2COc3cc(C(C)(C)O)cnc32)cc2ccc(Cl)cc21. The van der Waals surface area contributed by atoms with E-state index < -0.39 is 5.60 Å². The van der Waals surface area contributed by atoms with Gasteiger partial charge in [0.25, 0.3) is 5.91 Å². The van der Waals surface area contributed by atoms with E-state index in [1.54, 1.807) is 32.2 Å². The number of aryl methyl sites for hydroxylation is 1. The number of nitrogens with one attached hydrogen (secondary N) is 1. The summed E-state index contributed by atoms with van der Waals surface area (Å²) in [5.41, 5.74) is 1.76. The fourth-order valence-corrected chi connectivity index (χ4v) is 3.45. The molecule has 0 aliphatic carbocycles. The molecule has 140 valence electrons. The van der Waals surface area contributed by atoms with Crippen molar-refractivity contribution in [2.75, 3.05) is 6.61 Å². The first-order valence-electron chi connectivity index (χ1n) is 8.65. The number of ether oxygens (including phenoxy) is 1. The van der Waals surface area contributed by atoms with Gasteiger partial charge in [0.15, 0.2) is 0 Å². The summed E-state index contributed by atoms with van der Waals surface area (Å²) in [6.45, 7) is 3.69. The maximum Gasteiger partial charge on any atom is 0.268 e. The summed E-state index contributed by atoms with van der Waals surface area (Å²) >= 11 is 6.06. The van der Waals surface area contributed by atoms with Crippen LogP contribution in [0.2, 0.25) is 5.02 Å². The summed E-state index contributed by atoms with van der Waals surface area (Å²) in [5.74, 6) is 0.378. The van der Waals surface area contributed by atoms with Crippen molar-refractivity contribution >= 4 is 28.4 Å². The van der Waals surface area contributed by atoms with E-state index in [0.29, 0.717) is 34.3 Å². The van der Waals surface area contributed by atoms with Crippen LogP contribution in [-0.2, 0) is 12.6 Å². The summed E-state index contributed by atoms with van der Waals surface area (Å²) in [7, 11) is 1.83. The van der Waals surface area contributed by atoms with Gasteiger partial charge >= 0.3 is 0 Å². The predicted molar refractivity (Wildman–Crippen MR) is 103 cm³/mol. The molecule has 4 rings (SSSR count). The standard InChI is InChI=1S/C20H20ClN3O3/c1-20(2,26)12-7-17-18(22-9-12)14(10-27-17)23-19(25)16-6-11-4-5-13(21)8-15(11)24(16)3/h4-9,14,26H,10H2,1-3H3,(H,23,25). The number of benzene rings is 1. The number of carbonyl (C=O) groups excluding carboxylic acids is 1. The van der Waals surface area contributed by atoms with Gasteiger partial charge in [-0.3, -0.25) is 9.78 Å². The third-order valence-electron chi connectivity index (χ3n) is 4.87. The van der Waals surface area contributed by atoms with E-state index in [1.165, 1.54) is 0 Å². The zero-order chi connectivity index (χ0) is 19.3. The molecule has 2 aromatic heterocycles. The molecule has 2 N–H and O–H groups in total. The molecular weight excluding hydrogens is 366 g/mol. The summed E-state index contributed by atoms with van der Waals surface area (Å²) in [4.78, 5) is 17.2. The van der Waals surface area contributed by atoms with Crippen molar-refractivity contribution in [2.45, 2.75) is 25.5 Å². The summed E-state index contributed by atoms with van der Waals surface area (Å²) in [6, 6.07) is 8.79. The highest BCUT2D eigenvalue weighted by Gasteiger charge is 2.30. The van der Waals surface area contributed by atoms with E-state index in [2.05, 4.69) is 10.3 Å². The Labute approximate surface area is 161 Å². The highest BCUT2D eigenvalue weighted by Crippen LogP contribution is 2.34. The molecule has 1 atom stereocenters. The molecule has 3 heterocycles. The first-order chi connectivity index (χ1) is 12.7. The van der Waals surface area contributed by atoms with Gasteiger partial charge in [-0.15, -0.1) is 0 Å². The van der Waals surface area contributed by atoms with Gasteiger partial charge in [0.2, 0.25) is 0 Å². The molecule has 1 amide bonds. The lowest BCUT2D eigenvalue weighted by Crippen LogP contribution is -2.31. The maximum absolute atomic E-state index is 12.8. The molecule has 27 heavy (non-hydrogen) atoms. The van der Waals surface area contributed by atoms with Crippen molar-refractivity contribution in [3.05, 3.63) is 58.5 Å². The number of aliphatic hydroxyl groups is 1. The molecular formula is C20H20ClN3O3. The van der Waals surface area contributed by atoms with Crippen LogP contribution in [0.3, 0.4) is 0 Å². The summed E-state index contributed by atoms with van der Waals surface area (Å²) < 4.78 is 7.49. The van der Waals surface area contributed by atoms with Gasteiger partial charge in [0.1, 0.15) is 29.8 Å². The number of aromatic nitrogens is 2. The molecule has 1 aliphatic rings. The van der Waals surface area contributed by atoms with E-state index in [0.717, 1.165) is 10.9 Å². The second-order valence-corrected chi connectivity index (χ2v) is 7.73. The third-order valence-corrected chi connectivity index (χ3v) is 5.10. The molecule has 0 saturated heterocycles. The Hall–Kier alpha value is -2.57. The molecule has 1 aliphatic heterocycles. The second-order valence-electron chi connectivity index (χ2n) is 7.30. The van der Waals surface area contributed by atoms with E-state index in [9.17, 15) is 9.90 Å². The lowest BCUT2D eigenvalue weighted by molar-refractivity contribution is 0.0779. The average Bonchev–Trinajstić information content (AvgIpc) is 3.15. The molecule has 0 radical (unpaired) electrons. The van der Waals surface area contributed by atoms with Crippen LogP contribution in [0.15, 0.2) is 36.5 Å². The molecule has 1 aromatic carbocycles. The molecule has 1 unspecified atom stereocenters. The lowest BCUT2D eigenvalue weighted by atomic mass is 9.99. The quantitative estimate of drug-likeness (QED) is 0.725. The van der Waals surface area contributed by atoms with Gasteiger partial charge in [0, 0.05) is 34.7 Å². The Balaban J connectivity index is 1.60. The number of carbonyl (C=O) groups is 1. The fraction of sp³-hybridized carbons (Fsp3) is 0.300. The first-order valence-corrected chi connectivity index (χ1v) is 9.03. The number of pyridine rings is 1. The van der Waals surface area contributed by atoms with Crippen molar-refractivity contribution < 1.29 is 14.6 Å². The van der Waals surface area contributed by atoms with E-state index in [4.69, 9.17) is 16.3 Å². The van der Waals surface area contributed by atoms with Gasteiger partial charge in [-0.05, 0) is 38.1 Å². The number of rotatable bonds is 3. The van der Waals surface area contributed by atoms with E-state index in [-0.39, 0.29) is 11.9 Å². The van der Waals surface area contributed by atoms with Crippen LogP contribution in [0, 0.1) is 0 Å². The number of fused-ring (bicyclic) bond motifs is 2. The minimum absolute atomic E-state index is 0.209. The molecule has 0 spiro atoms. The number of hydrogen-bond donors (Lipinski definition) is 2. The zero-order valence-electron chi connectivity index (χ0n) is 15.3. The Morgan fingerprint density at radius 3 is 2.89 bits per heavy atom. The Bertz CT molecular complexity index is 1050. The predicted octanol–water partition coefficient (Wildman–Crippen LogP) is 3.32. The Morgan fingerprint density at radius 2 is 2.15 bits per heavy atom.